The van der Waals surface area contributed by atoms with E-state index in [1.54, 1.807) is 24.5 Å². The summed E-state index contributed by atoms with van der Waals surface area (Å²) in [4.78, 5) is 16.6. The molecule has 0 aliphatic carbocycles. The quantitative estimate of drug-likeness (QED) is 0.145. The zero-order valence-corrected chi connectivity index (χ0v) is 23.5. The summed E-state index contributed by atoms with van der Waals surface area (Å²) in [5.74, 6) is -0.198. The van der Waals surface area contributed by atoms with Crippen molar-refractivity contribution in [3.63, 3.8) is 0 Å². The van der Waals surface area contributed by atoms with E-state index in [1.165, 1.54) is 28.6 Å². The number of nitrogens with one attached hydrogen (secondary N) is 1. The molecule has 1 amide bonds. The van der Waals surface area contributed by atoms with E-state index in [1.807, 2.05) is 44.2 Å². The number of phenolic OH excluding ortho intramolecular Hbond substituents is 1. The SMILES string of the molecule is CC(C)CN(C[C@@H](O)[C@@H](NC(=O)OCc1cccnc1)[I-]c1ccccc1)S(=O)(=O)c1cccc(O)c1. The number of ether oxygens (including phenoxy) is 1. The zero-order valence-electron chi connectivity index (χ0n) is 20.6. The topological polar surface area (TPSA) is 129 Å². The van der Waals surface area contributed by atoms with Crippen LogP contribution >= 0.6 is 0 Å². The number of benzene rings is 2. The average molecular weight is 641 g/mol. The van der Waals surface area contributed by atoms with Gasteiger partial charge in [0, 0.05) is 0 Å². The summed E-state index contributed by atoms with van der Waals surface area (Å²) in [5.41, 5.74) is 0.716. The molecule has 0 spiro atoms. The number of carbonyl (C=O) groups excluding carboxylic acids is 1. The number of sulfonamides is 1. The third-order valence-electron chi connectivity index (χ3n) is 5.08. The van der Waals surface area contributed by atoms with E-state index in [0.29, 0.717) is 5.56 Å². The number of carbonyl (C=O) groups is 1. The van der Waals surface area contributed by atoms with Gasteiger partial charge in [-0.15, -0.1) is 0 Å². The minimum absolute atomic E-state index is 0.0114. The van der Waals surface area contributed by atoms with Gasteiger partial charge < -0.3 is 0 Å². The van der Waals surface area contributed by atoms with E-state index in [-0.39, 0.29) is 36.3 Å². The van der Waals surface area contributed by atoms with Crippen LogP contribution in [0.3, 0.4) is 0 Å². The Labute approximate surface area is 227 Å². The average Bonchev–Trinajstić information content (AvgIpc) is 2.87. The molecule has 200 valence electrons. The zero-order chi connectivity index (χ0) is 26.8. The molecule has 0 saturated carbocycles. The van der Waals surface area contributed by atoms with Crippen molar-refractivity contribution in [2.45, 2.75) is 35.5 Å². The van der Waals surface area contributed by atoms with Gasteiger partial charge in [-0.2, -0.15) is 0 Å². The molecular formula is C26H31IN3O6S-. The number of aliphatic hydroxyl groups excluding tert-OH is 1. The summed E-state index contributed by atoms with van der Waals surface area (Å²) in [6.45, 7) is 3.67. The van der Waals surface area contributed by atoms with Crippen LogP contribution in [0.2, 0.25) is 0 Å². The molecule has 1 aromatic heterocycles. The van der Waals surface area contributed by atoms with Crippen molar-refractivity contribution in [2.24, 2.45) is 5.92 Å². The molecule has 2 atom stereocenters. The van der Waals surface area contributed by atoms with Crippen LogP contribution in [-0.2, 0) is 21.4 Å². The van der Waals surface area contributed by atoms with Gasteiger partial charge in [-0.25, -0.2) is 0 Å². The Balaban J connectivity index is 1.79. The summed E-state index contributed by atoms with van der Waals surface area (Å²) >= 11 is -0.966. The molecule has 0 aliphatic rings. The van der Waals surface area contributed by atoms with Gasteiger partial charge in [-0.05, 0) is 0 Å². The van der Waals surface area contributed by atoms with Gasteiger partial charge in [0.2, 0.25) is 0 Å². The van der Waals surface area contributed by atoms with E-state index < -0.39 is 47.5 Å². The molecule has 3 N–H and O–H groups in total. The van der Waals surface area contributed by atoms with Crippen LogP contribution in [0, 0.1) is 9.49 Å². The van der Waals surface area contributed by atoms with Crippen molar-refractivity contribution in [3.05, 3.63) is 88.3 Å². The van der Waals surface area contributed by atoms with Gasteiger partial charge in [0.05, 0.1) is 0 Å². The fraction of sp³-hybridized carbons (Fsp3) is 0.308. The second kappa shape index (κ2) is 13.7. The number of hydrogen-bond donors (Lipinski definition) is 3. The number of aromatic hydroxyl groups is 1. The van der Waals surface area contributed by atoms with Gasteiger partial charge >= 0.3 is 229 Å². The van der Waals surface area contributed by atoms with Crippen molar-refractivity contribution in [1.29, 1.82) is 0 Å². The van der Waals surface area contributed by atoms with Crippen LogP contribution in [0.5, 0.6) is 5.75 Å². The van der Waals surface area contributed by atoms with E-state index >= 15 is 0 Å². The number of alkyl halides is 1. The Hall–Kier alpha value is -2.74. The first-order chi connectivity index (χ1) is 17.6. The number of nitrogens with zero attached hydrogens (tertiary/aromatic N) is 2. The Morgan fingerprint density at radius 3 is 2.49 bits per heavy atom. The molecule has 0 fully saturated rings. The molecule has 9 nitrogen and oxygen atoms in total. The predicted octanol–water partition coefficient (Wildman–Crippen LogP) is 0.00610. The van der Waals surface area contributed by atoms with Gasteiger partial charge in [0.15, 0.2) is 0 Å². The molecule has 2 aromatic carbocycles. The molecule has 37 heavy (non-hydrogen) atoms. The van der Waals surface area contributed by atoms with E-state index in [2.05, 4.69) is 10.3 Å². The van der Waals surface area contributed by atoms with Gasteiger partial charge in [-0.1, -0.05) is 0 Å². The summed E-state index contributed by atoms with van der Waals surface area (Å²) in [7, 11) is -4.02. The minimum atomic E-state index is -4.02. The van der Waals surface area contributed by atoms with Crippen LogP contribution in [-0.4, -0.2) is 57.3 Å². The number of aromatic nitrogens is 1. The third kappa shape index (κ3) is 8.95. The standard InChI is InChI=1S/C26H31IN3O6S/c1-19(2)16-30(37(34,35)23-12-6-11-22(31)14-23)17-24(32)25(27-21-9-4-3-5-10-21)29-26(33)36-18-20-8-7-13-28-15-20/h3-15,19,24-25,31-32H,16-18H2,1-2H3,(H,29,33)/q-1/t24-,25-/m1/s1. The van der Waals surface area contributed by atoms with E-state index in [4.69, 9.17) is 4.74 Å². The summed E-state index contributed by atoms with van der Waals surface area (Å²) < 4.78 is 33.6. The molecule has 1 heterocycles. The molecule has 0 aliphatic heterocycles. The van der Waals surface area contributed by atoms with Crippen molar-refractivity contribution in [2.75, 3.05) is 13.1 Å². The van der Waals surface area contributed by atoms with Crippen LogP contribution < -0.4 is 26.5 Å². The van der Waals surface area contributed by atoms with E-state index in [9.17, 15) is 23.4 Å². The van der Waals surface area contributed by atoms with Crippen molar-refractivity contribution < 1.29 is 49.4 Å². The number of hydrogen-bond acceptors (Lipinski definition) is 7. The van der Waals surface area contributed by atoms with Crippen LogP contribution in [0.25, 0.3) is 0 Å². The van der Waals surface area contributed by atoms with E-state index in [0.717, 1.165) is 3.57 Å². The first kappa shape index (κ1) is 28.8. The molecule has 0 unspecified atom stereocenters. The Bertz CT molecular complexity index is 1250. The van der Waals surface area contributed by atoms with Crippen LogP contribution in [0.15, 0.2) is 84.0 Å². The summed E-state index contributed by atoms with van der Waals surface area (Å²) in [6.07, 6.45) is 1.29. The molecule has 11 heteroatoms. The van der Waals surface area contributed by atoms with Crippen molar-refractivity contribution in [3.8, 4) is 5.75 Å². The summed E-state index contributed by atoms with van der Waals surface area (Å²) in [6, 6.07) is 18.4. The molecule has 0 saturated heterocycles. The van der Waals surface area contributed by atoms with Crippen LogP contribution in [0.1, 0.15) is 19.4 Å². The maximum atomic E-state index is 13.4. The molecular weight excluding hydrogens is 609 g/mol. The van der Waals surface area contributed by atoms with Crippen LogP contribution in [0.4, 0.5) is 4.79 Å². The number of halogens is 1. The van der Waals surface area contributed by atoms with Crippen molar-refractivity contribution in [1.82, 2.24) is 14.6 Å². The normalized spacial score (nSPS) is 13.4. The number of phenols is 1. The number of aliphatic hydroxyl groups is 1. The second-order valence-electron chi connectivity index (χ2n) is 8.67. The number of pyridine rings is 1. The molecule has 3 rings (SSSR count). The van der Waals surface area contributed by atoms with Gasteiger partial charge in [0.1, 0.15) is 0 Å². The molecule has 0 bridgehead atoms. The number of amides is 1. The van der Waals surface area contributed by atoms with Crippen molar-refractivity contribution >= 4 is 16.1 Å². The summed E-state index contributed by atoms with van der Waals surface area (Å²) in [5, 5.41) is 23.8. The molecule has 0 radical (unpaired) electrons. The fourth-order valence-corrected chi connectivity index (χ4v) is 7.70. The van der Waals surface area contributed by atoms with Gasteiger partial charge in [-0.3, -0.25) is 0 Å². The maximum absolute atomic E-state index is 13.4. The first-order valence-electron chi connectivity index (χ1n) is 11.6. The Morgan fingerprint density at radius 1 is 1.08 bits per heavy atom. The Kier molecular flexibility index (Phi) is 10.7. The second-order valence-corrected chi connectivity index (χ2v) is 13.8. The predicted molar refractivity (Wildman–Crippen MR) is 134 cm³/mol. The van der Waals surface area contributed by atoms with Gasteiger partial charge in [0.25, 0.3) is 0 Å². The number of rotatable bonds is 12. The third-order valence-corrected chi connectivity index (χ3v) is 10.2. The number of alkyl carbamates (subject to hydrolysis) is 1. The fourth-order valence-electron chi connectivity index (χ4n) is 3.38. The Morgan fingerprint density at radius 2 is 1.84 bits per heavy atom. The molecule has 3 aromatic rings. The monoisotopic (exact) mass is 640 g/mol. The first-order valence-corrected chi connectivity index (χ1v) is 15.4.